The number of nitrogens with one attached hydrogen (secondary N) is 1. The van der Waals surface area contributed by atoms with Crippen LogP contribution in [0.5, 0.6) is 5.75 Å². The summed E-state index contributed by atoms with van der Waals surface area (Å²) < 4.78 is 23.2. The van der Waals surface area contributed by atoms with Gasteiger partial charge in [0, 0.05) is 16.3 Å². The Labute approximate surface area is 148 Å². The van der Waals surface area contributed by atoms with E-state index in [-0.39, 0.29) is 12.2 Å². The van der Waals surface area contributed by atoms with Gasteiger partial charge in [-0.2, -0.15) is 0 Å². The zero-order chi connectivity index (χ0) is 17.8. The molecule has 0 fully saturated rings. The summed E-state index contributed by atoms with van der Waals surface area (Å²) in [6.45, 7) is -0.414. The third-order valence-corrected chi connectivity index (χ3v) is 3.64. The minimum atomic E-state index is -0.653. The van der Waals surface area contributed by atoms with Crippen molar-refractivity contribution in [2.75, 3.05) is 18.5 Å². The average Bonchev–Trinajstić information content (AvgIpc) is 2.61. The lowest BCUT2D eigenvalue weighted by molar-refractivity contribution is -0.143. The summed E-state index contributed by atoms with van der Waals surface area (Å²) in [6, 6.07) is 10.3. The van der Waals surface area contributed by atoms with Crippen molar-refractivity contribution in [3.63, 3.8) is 0 Å². The molecule has 0 saturated carbocycles. The van der Waals surface area contributed by atoms with Gasteiger partial charge in [0.05, 0.1) is 5.57 Å². The Kier molecular flexibility index (Phi) is 5.00. The third kappa shape index (κ3) is 4.36. The minimum Gasteiger partial charge on any atom is -0.488 e. The van der Waals surface area contributed by atoms with Crippen LogP contribution >= 0.6 is 11.6 Å². The predicted octanol–water partition coefficient (Wildman–Crippen LogP) is 3.44. The first-order chi connectivity index (χ1) is 12.0. The smallest absolute Gasteiger partial charge is 0.338 e. The van der Waals surface area contributed by atoms with Crippen molar-refractivity contribution < 1.29 is 23.5 Å². The van der Waals surface area contributed by atoms with Crippen molar-refractivity contribution in [2.24, 2.45) is 0 Å². The Balaban J connectivity index is 1.57. The molecule has 1 aliphatic heterocycles. The van der Waals surface area contributed by atoms with Gasteiger partial charge in [-0.05, 0) is 48.5 Å². The number of fused-ring (bicyclic) bond motifs is 1. The van der Waals surface area contributed by atoms with Gasteiger partial charge < -0.3 is 14.8 Å². The van der Waals surface area contributed by atoms with Crippen LogP contribution in [0.1, 0.15) is 5.56 Å². The monoisotopic (exact) mass is 361 g/mol. The van der Waals surface area contributed by atoms with Crippen LogP contribution in [0, 0.1) is 5.82 Å². The van der Waals surface area contributed by atoms with Gasteiger partial charge in [0.15, 0.2) is 6.61 Å². The number of carbonyl (C=O) groups excluding carboxylic acids is 2. The molecule has 0 atom stereocenters. The summed E-state index contributed by atoms with van der Waals surface area (Å²) in [5, 5.41) is 3.02. The van der Waals surface area contributed by atoms with Gasteiger partial charge in [-0.15, -0.1) is 0 Å². The van der Waals surface area contributed by atoms with Gasteiger partial charge in [0.2, 0.25) is 0 Å². The SMILES string of the molecule is O=C(COC(=O)C1=Cc2cc(Cl)ccc2OC1)Nc1ccc(F)cc1. The Morgan fingerprint density at radius 2 is 1.96 bits per heavy atom. The van der Waals surface area contributed by atoms with E-state index in [0.717, 1.165) is 0 Å². The molecule has 1 aliphatic rings. The van der Waals surface area contributed by atoms with E-state index in [1.165, 1.54) is 24.3 Å². The number of ether oxygens (including phenoxy) is 2. The number of hydrogen-bond donors (Lipinski definition) is 1. The van der Waals surface area contributed by atoms with Gasteiger partial charge in [-0.3, -0.25) is 4.79 Å². The molecule has 0 unspecified atom stereocenters. The Morgan fingerprint density at radius 3 is 2.72 bits per heavy atom. The number of amides is 1. The maximum atomic E-state index is 12.8. The Bertz CT molecular complexity index is 849. The largest absolute Gasteiger partial charge is 0.488 e. The van der Waals surface area contributed by atoms with Crippen LogP contribution in [0.15, 0.2) is 48.0 Å². The van der Waals surface area contributed by atoms with Crippen LogP contribution in [0.25, 0.3) is 6.08 Å². The summed E-state index contributed by atoms with van der Waals surface area (Å²) in [5.74, 6) is -0.968. The fraction of sp³-hybridized carbons (Fsp3) is 0.111. The summed E-state index contributed by atoms with van der Waals surface area (Å²) in [7, 11) is 0. The number of hydrogen-bond acceptors (Lipinski definition) is 4. The highest BCUT2D eigenvalue weighted by Crippen LogP contribution is 2.29. The highest BCUT2D eigenvalue weighted by atomic mass is 35.5. The van der Waals surface area contributed by atoms with Crippen LogP contribution in [-0.4, -0.2) is 25.1 Å². The van der Waals surface area contributed by atoms with Gasteiger partial charge in [-0.25, -0.2) is 9.18 Å². The molecular weight excluding hydrogens is 349 g/mol. The Hall–Kier alpha value is -2.86. The molecule has 25 heavy (non-hydrogen) atoms. The van der Waals surface area contributed by atoms with E-state index in [4.69, 9.17) is 21.1 Å². The van der Waals surface area contributed by atoms with E-state index in [9.17, 15) is 14.0 Å². The zero-order valence-electron chi connectivity index (χ0n) is 12.9. The number of anilines is 1. The molecule has 1 heterocycles. The van der Waals surface area contributed by atoms with Crippen molar-refractivity contribution in [1.29, 1.82) is 0 Å². The molecule has 128 valence electrons. The first-order valence-corrected chi connectivity index (χ1v) is 7.74. The van der Waals surface area contributed by atoms with E-state index in [1.54, 1.807) is 24.3 Å². The Morgan fingerprint density at radius 1 is 1.20 bits per heavy atom. The first kappa shape index (κ1) is 17.0. The number of halogens is 2. The average molecular weight is 362 g/mol. The standard InChI is InChI=1S/C18H13ClFNO4/c19-13-1-6-16-11(8-13)7-12(9-24-16)18(23)25-10-17(22)21-15-4-2-14(20)3-5-15/h1-8H,9-10H2,(H,21,22). The van der Waals surface area contributed by atoms with Crippen LogP contribution in [0.3, 0.4) is 0 Å². The number of esters is 1. The molecule has 0 radical (unpaired) electrons. The highest BCUT2D eigenvalue weighted by molar-refractivity contribution is 6.30. The third-order valence-electron chi connectivity index (χ3n) is 3.41. The minimum absolute atomic E-state index is 0.0487. The second-order valence-electron chi connectivity index (χ2n) is 5.27. The quantitative estimate of drug-likeness (QED) is 0.847. The molecule has 7 heteroatoms. The lowest BCUT2D eigenvalue weighted by atomic mass is 10.1. The van der Waals surface area contributed by atoms with Crippen molar-refractivity contribution >= 4 is 35.2 Å². The van der Waals surface area contributed by atoms with Crippen molar-refractivity contribution in [1.82, 2.24) is 0 Å². The van der Waals surface area contributed by atoms with Gasteiger partial charge >= 0.3 is 5.97 Å². The molecule has 0 spiro atoms. The van der Waals surface area contributed by atoms with Gasteiger partial charge in [0.25, 0.3) is 5.91 Å². The summed E-state index contributed by atoms with van der Waals surface area (Å²) in [4.78, 5) is 23.8. The molecule has 1 N–H and O–H groups in total. The predicted molar refractivity (Wildman–Crippen MR) is 90.9 cm³/mol. The maximum Gasteiger partial charge on any atom is 0.338 e. The van der Waals surface area contributed by atoms with E-state index in [1.807, 2.05) is 0 Å². The summed E-state index contributed by atoms with van der Waals surface area (Å²) in [6.07, 6.45) is 1.62. The molecule has 0 saturated heterocycles. The normalized spacial score (nSPS) is 12.5. The number of carbonyl (C=O) groups is 2. The lowest BCUT2D eigenvalue weighted by Gasteiger charge is -2.17. The highest BCUT2D eigenvalue weighted by Gasteiger charge is 2.19. The molecule has 3 rings (SSSR count). The first-order valence-electron chi connectivity index (χ1n) is 7.37. The molecule has 1 amide bonds. The van der Waals surface area contributed by atoms with Crippen molar-refractivity contribution in [3.8, 4) is 5.75 Å². The van der Waals surface area contributed by atoms with Crippen LogP contribution in [0.2, 0.25) is 5.02 Å². The second-order valence-corrected chi connectivity index (χ2v) is 5.71. The van der Waals surface area contributed by atoms with E-state index < -0.39 is 24.3 Å². The fourth-order valence-corrected chi connectivity index (χ4v) is 2.40. The number of benzene rings is 2. The van der Waals surface area contributed by atoms with E-state index in [0.29, 0.717) is 22.0 Å². The summed E-state index contributed by atoms with van der Waals surface area (Å²) in [5.41, 5.74) is 1.36. The van der Waals surface area contributed by atoms with Crippen molar-refractivity contribution in [2.45, 2.75) is 0 Å². The van der Waals surface area contributed by atoms with Crippen LogP contribution in [-0.2, 0) is 14.3 Å². The molecule has 0 aliphatic carbocycles. The van der Waals surface area contributed by atoms with Crippen LogP contribution < -0.4 is 10.1 Å². The molecule has 2 aromatic rings. The maximum absolute atomic E-state index is 12.8. The molecule has 5 nitrogen and oxygen atoms in total. The molecule has 0 bridgehead atoms. The lowest BCUT2D eigenvalue weighted by Crippen LogP contribution is -2.23. The molecule has 0 aromatic heterocycles. The van der Waals surface area contributed by atoms with Crippen LogP contribution in [0.4, 0.5) is 10.1 Å². The summed E-state index contributed by atoms with van der Waals surface area (Å²) >= 11 is 5.92. The van der Waals surface area contributed by atoms with E-state index >= 15 is 0 Å². The molecule has 2 aromatic carbocycles. The second kappa shape index (κ2) is 7.36. The van der Waals surface area contributed by atoms with Crippen molar-refractivity contribution in [3.05, 3.63) is 64.4 Å². The topological polar surface area (TPSA) is 64.6 Å². The fourth-order valence-electron chi connectivity index (χ4n) is 2.22. The molecular formula is C18H13ClFNO4. The van der Waals surface area contributed by atoms with Gasteiger partial charge in [0.1, 0.15) is 18.2 Å². The van der Waals surface area contributed by atoms with E-state index in [2.05, 4.69) is 5.32 Å². The zero-order valence-corrected chi connectivity index (χ0v) is 13.7. The number of rotatable bonds is 4. The van der Waals surface area contributed by atoms with Gasteiger partial charge in [-0.1, -0.05) is 11.6 Å².